The van der Waals surface area contributed by atoms with E-state index < -0.39 is 0 Å². The van der Waals surface area contributed by atoms with Crippen LogP contribution in [-0.4, -0.2) is 193 Å². The van der Waals surface area contributed by atoms with Gasteiger partial charge in [0.15, 0.2) is 0 Å². The average Bonchev–Trinajstić information content (AvgIpc) is 3.99. The van der Waals surface area contributed by atoms with Crippen LogP contribution < -0.4 is 9.97 Å². The molecule has 0 unspecified atom stereocenters. The van der Waals surface area contributed by atoms with Crippen LogP contribution in [0.1, 0.15) is 74.7 Å². The minimum atomic E-state index is 0. The van der Waals surface area contributed by atoms with Gasteiger partial charge in [0.05, 0.1) is 42.9 Å². The molecule has 0 radical (unpaired) electrons. The number of rotatable bonds is 32. The third kappa shape index (κ3) is 16.9. The molecule has 2 aliphatic heterocycles. The van der Waals surface area contributed by atoms with Crippen molar-refractivity contribution in [2.45, 2.75) is 70.9 Å². The maximum atomic E-state index is 9.80. The van der Waals surface area contributed by atoms with Crippen molar-refractivity contribution in [3.63, 3.8) is 0 Å². The SMILES string of the molecule is OCCCSC1=C(SCCCO)c2nc1nc1[n-]c(nc3nc(nc4[n-]c(n2)c(SCCCO)c4SCCCO)C(SCCCO)=C3SCCCO)c(SCCCO)c1SCCCO.[Mg+2]. The molecule has 25 heteroatoms. The minimum absolute atomic E-state index is 0. The fraction of sp³-hybridized carbons (Fsp3) is 0.600. The van der Waals surface area contributed by atoms with Gasteiger partial charge in [-0.15, -0.1) is 94.1 Å². The topological polar surface area (TPSA) is 267 Å². The summed E-state index contributed by atoms with van der Waals surface area (Å²) in [5.74, 6) is 6.05. The van der Waals surface area contributed by atoms with E-state index in [2.05, 4.69) is 0 Å². The summed E-state index contributed by atoms with van der Waals surface area (Å²) in [4.78, 5) is 47.1. The molecule has 8 N–H and O–H groups in total. The number of aliphatic hydroxyl groups excluding tert-OH is 8. The Bertz CT molecular complexity index is 1880. The van der Waals surface area contributed by atoms with Crippen molar-refractivity contribution in [3.8, 4) is 0 Å². The van der Waals surface area contributed by atoms with Gasteiger partial charge in [-0.25, -0.2) is 9.97 Å². The molecule has 354 valence electrons. The van der Waals surface area contributed by atoms with Gasteiger partial charge in [-0.3, -0.25) is 0 Å². The number of aromatic nitrogens is 8. The molecule has 3 aromatic heterocycles. The summed E-state index contributed by atoms with van der Waals surface area (Å²) in [6.07, 6.45) is 4.20. The first kappa shape index (κ1) is 57.1. The minimum Gasteiger partial charge on any atom is -0.396 e. The molecule has 0 aliphatic carbocycles. The average molecular weight is 1060 g/mol. The predicted octanol–water partition coefficient (Wildman–Crippen LogP) is 4.78. The summed E-state index contributed by atoms with van der Waals surface area (Å²) < 4.78 is 0. The Morgan fingerprint density at radius 3 is 0.646 bits per heavy atom. The van der Waals surface area contributed by atoms with Crippen LogP contribution >= 0.6 is 94.1 Å². The summed E-state index contributed by atoms with van der Waals surface area (Å²) in [5, 5.41) is 78.4. The van der Waals surface area contributed by atoms with Gasteiger partial charge in [0.1, 0.15) is 0 Å². The maximum Gasteiger partial charge on any atom is 2.00 e. The van der Waals surface area contributed by atoms with Gasteiger partial charge in [0.2, 0.25) is 0 Å². The smallest absolute Gasteiger partial charge is 0.396 e. The van der Waals surface area contributed by atoms with Crippen LogP contribution in [0.4, 0.5) is 0 Å². The Kier molecular flexibility index (Phi) is 28.5. The molecule has 65 heavy (non-hydrogen) atoms. The van der Waals surface area contributed by atoms with Gasteiger partial charge in [0.25, 0.3) is 0 Å². The fourth-order valence-corrected chi connectivity index (χ4v) is 14.4. The third-order valence-electron chi connectivity index (χ3n) is 8.53. The molecule has 0 saturated heterocycles. The molecule has 3 aromatic rings. The number of thioether (sulfide) groups is 8. The molecule has 16 nitrogen and oxygen atoms in total. The van der Waals surface area contributed by atoms with E-state index in [0.717, 1.165) is 39.2 Å². The van der Waals surface area contributed by atoms with Gasteiger partial charge in [-0.2, -0.15) is 0 Å². The molecular weight excluding hydrogens is 1000 g/mol. The van der Waals surface area contributed by atoms with E-state index in [-0.39, 0.29) is 75.9 Å². The predicted molar refractivity (Wildman–Crippen MR) is 276 cm³/mol. The van der Waals surface area contributed by atoms with Crippen molar-refractivity contribution in [1.82, 2.24) is 39.9 Å². The van der Waals surface area contributed by atoms with E-state index in [1.54, 1.807) is 0 Å². The van der Waals surface area contributed by atoms with Crippen molar-refractivity contribution < 1.29 is 40.9 Å². The maximum absolute atomic E-state index is 9.80. The molecule has 0 spiro atoms. The van der Waals surface area contributed by atoms with E-state index in [1.165, 1.54) is 94.1 Å². The number of nitrogens with zero attached hydrogens (tertiary/aromatic N) is 8. The molecule has 5 rings (SSSR count). The van der Waals surface area contributed by atoms with Crippen LogP contribution in [0.3, 0.4) is 0 Å². The molecule has 5 heterocycles. The second kappa shape index (κ2) is 32.5. The van der Waals surface area contributed by atoms with Crippen LogP contribution in [0.2, 0.25) is 0 Å². The zero-order valence-corrected chi connectivity index (χ0v) is 44.0. The second-order valence-electron chi connectivity index (χ2n) is 13.5. The Morgan fingerprint density at radius 2 is 0.462 bits per heavy atom. The van der Waals surface area contributed by atoms with E-state index in [9.17, 15) is 40.9 Å². The van der Waals surface area contributed by atoms with Gasteiger partial charge >= 0.3 is 23.1 Å². The third-order valence-corrected chi connectivity index (χ3v) is 18.4. The van der Waals surface area contributed by atoms with Crippen molar-refractivity contribution in [2.75, 3.05) is 98.9 Å². The molecule has 8 bridgehead atoms. The van der Waals surface area contributed by atoms with Gasteiger partial charge in [0, 0.05) is 141 Å². The van der Waals surface area contributed by atoms with Crippen LogP contribution in [0, 0.1) is 0 Å². The number of hydrogen-bond donors (Lipinski definition) is 8. The summed E-state index contributed by atoms with van der Waals surface area (Å²) in [6.45, 7) is 0.0103. The van der Waals surface area contributed by atoms with Crippen LogP contribution in [0.25, 0.3) is 42.2 Å². The first-order valence-electron chi connectivity index (χ1n) is 21.0. The summed E-state index contributed by atoms with van der Waals surface area (Å²) >= 11 is 12.1. The molecule has 0 fully saturated rings. The molecular formula is C40H56MgN8O8S8. The summed E-state index contributed by atoms with van der Waals surface area (Å²) in [7, 11) is 0. The first-order valence-corrected chi connectivity index (χ1v) is 28.9. The zero-order valence-electron chi connectivity index (χ0n) is 36.1. The molecule has 0 atom stereocenters. The molecule has 0 amide bonds. The van der Waals surface area contributed by atoms with Crippen LogP contribution in [0.15, 0.2) is 19.6 Å². The summed E-state index contributed by atoms with van der Waals surface area (Å²) in [5.41, 5.74) is 1.50. The monoisotopic (exact) mass is 1060 g/mol. The van der Waals surface area contributed by atoms with Crippen molar-refractivity contribution in [2.24, 2.45) is 0 Å². The number of fused-ring (bicyclic) bond motifs is 8. The quantitative estimate of drug-likeness (QED) is 0.0237. The fourth-order valence-electron chi connectivity index (χ4n) is 5.58. The molecule has 0 aromatic carbocycles. The zero-order chi connectivity index (χ0) is 45.5. The Balaban J connectivity index is 0.00000925. The second-order valence-corrected chi connectivity index (χ2v) is 22.4. The Morgan fingerprint density at radius 1 is 0.277 bits per heavy atom. The normalized spacial score (nSPS) is 12.8. The van der Waals surface area contributed by atoms with E-state index in [4.69, 9.17) is 39.9 Å². The van der Waals surface area contributed by atoms with Gasteiger partial charge in [-0.05, 0) is 51.4 Å². The molecule has 2 aliphatic rings. The standard InChI is InChI=1S/C40H56N8O8S8.Mg/c49-9-1-17-57-25-26(58-18-2-10-50)34-41-33(25)45-35-27(59-19-3-11-51)28(60-20-4-12-52)37(42-35)47-39-31(63-23-7-15-55)32(64-24-8-16-56)40(44-39)48-38-30(62-22-6-14-54)29(36(43-38)46-34)61-21-5-13-53;/h49-56H,1-24H2;/q-2;+2. The largest absolute Gasteiger partial charge is 2.00 e. The van der Waals surface area contributed by atoms with E-state index in [0.29, 0.717) is 143 Å². The Labute approximate surface area is 429 Å². The van der Waals surface area contributed by atoms with Crippen LogP contribution in [0.5, 0.6) is 0 Å². The first-order chi connectivity index (χ1) is 31.5. The van der Waals surface area contributed by atoms with Crippen LogP contribution in [-0.2, 0) is 0 Å². The van der Waals surface area contributed by atoms with Crippen molar-refractivity contribution in [3.05, 3.63) is 23.3 Å². The Hall–Kier alpha value is -0.434. The summed E-state index contributed by atoms with van der Waals surface area (Å²) in [6, 6.07) is 0. The van der Waals surface area contributed by atoms with Crippen molar-refractivity contribution >= 4 is 159 Å². The van der Waals surface area contributed by atoms with Crippen molar-refractivity contribution in [1.29, 1.82) is 0 Å². The van der Waals surface area contributed by atoms with E-state index >= 15 is 0 Å². The van der Waals surface area contributed by atoms with Gasteiger partial charge < -0.3 is 70.8 Å². The number of aliphatic hydroxyl groups is 8. The number of hydrogen-bond acceptors (Lipinski definition) is 22. The molecule has 0 saturated carbocycles. The van der Waals surface area contributed by atoms with Gasteiger partial charge in [-0.1, -0.05) is 0 Å². The van der Waals surface area contributed by atoms with E-state index in [1.807, 2.05) is 0 Å².